The summed E-state index contributed by atoms with van der Waals surface area (Å²) in [7, 11) is 0. The second-order valence-corrected chi connectivity index (χ2v) is 10.0. The molecule has 2 aromatic heterocycles. The minimum atomic E-state index is -0.642. The fraction of sp³-hybridized carbons (Fsp3) is 0.370. The number of aryl methyl sites for hydroxylation is 1. The molecular formula is C27H29N5O3. The maximum absolute atomic E-state index is 12.7. The summed E-state index contributed by atoms with van der Waals surface area (Å²) in [6.45, 7) is 9.39. The summed E-state index contributed by atoms with van der Waals surface area (Å²) in [5, 5.41) is 16.2. The van der Waals surface area contributed by atoms with Gasteiger partial charge in [-0.25, -0.2) is 9.78 Å². The van der Waals surface area contributed by atoms with E-state index >= 15 is 0 Å². The molecule has 1 fully saturated rings. The van der Waals surface area contributed by atoms with Gasteiger partial charge in [-0.2, -0.15) is 5.26 Å². The molecule has 0 saturated heterocycles. The van der Waals surface area contributed by atoms with Crippen molar-refractivity contribution in [3.05, 3.63) is 48.4 Å². The van der Waals surface area contributed by atoms with Crippen molar-refractivity contribution in [3.8, 4) is 17.2 Å². The fourth-order valence-corrected chi connectivity index (χ4v) is 4.37. The first-order valence-electron chi connectivity index (χ1n) is 11.6. The van der Waals surface area contributed by atoms with Gasteiger partial charge in [-0.3, -0.25) is 15.1 Å². The standard InChI is InChI=1S/C27H29N5O3/c1-15-7-9-29-13-20(15)17-10-18-12-23(32-25(33)24-16(2)19(24)6-8-28)30-14-21(18)22(11-17)31-26(34)35-27(3,4)5/h7,9-14,16,19,24H,6H2,1-5H3,(H,31,34)(H,30,32,33). The molecule has 2 N–H and O–H groups in total. The van der Waals surface area contributed by atoms with E-state index in [9.17, 15) is 9.59 Å². The van der Waals surface area contributed by atoms with Crippen LogP contribution in [-0.2, 0) is 9.53 Å². The van der Waals surface area contributed by atoms with Gasteiger partial charge in [0.05, 0.1) is 11.8 Å². The van der Waals surface area contributed by atoms with Crippen LogP contribution in [0.3, 0.4) is 0 Å². The van der Waals surface area contributed by atoms with Gasteiger partial charge in [0.15, 0.2) is 0 Å². The highest BCUT2D eigenvalue weighted by atomic mass is 16.6. The number of hydrogen-bond donors (Lipinski definition) is 2. The molecule has 3 atom stereocenters. The van der Waals surface area contributed by atoms with Gasteiger partial charge in [0.25, 0.3) is 0 Å². The van der Waals surface area contributed by atoms with Gasteiger partial charge >= 0.3 is 6.09 Å². The maximum Gasteiger partial charge on any atom is 0.412 e. The van der Waals surface area contributed by atoms with Crippen molar-refractivity contribution in [1.29, 1.82) is 5.26 Å². The van der Waals surface area contributed by atoms with Crippen molar-refractivity contribution in [2.75, 3.05) is 10.6 Å². The summed E-state index contributed by atoms with van der Waals surface area (Å²) >= 11 is 0. The number of pyridine rings is 2. The number of nitrogens with zero attached hydrogens (tertiary/aromatic N) is 3. The maximum atomic E-state index is 12.7. The number of amides is 2. The van der Waals surface area contributed by atoms with Crippen LogP contribution in [0.1, 0.15) is 39.7 Å². The molecule has 0 aliphatic heterocycles. The average Bonchev–Trinajstić information content (AvgIpc) is 3.41. The van der Waals surface area contributed by atoms with E-state index in [1.54, 1.807) is 45.4 Å². The summed E-state index contributed by atoms with van der Waals surface area (Å²) in [5.41, 5.74) is 2.73. The molecular weight excluding hydrogens is 442 g/mol. The molecule has 0 radical (unpaired) electrons. The average molecular weight is 472 g/mol. The number of hydrogen-bond acceptors (Lipinski definition) is 6. The van der Waals surface area contributed by atoms with Crippen LogP contribution in [0.5, 0.6) is 0 Å². The van der Waals surface area contributed by atoms with Gasteiger partial charge in [-0.1, -0.05) is 6.92 Å². The Kier molecular flexibility index (Phi) is 6.44. The van der Waals surface area contributed by atoms with Crippen molar-refractivity contribution in [2.24, 2.45) is 17.8 Å². The molecule has 1 saturated carbocycles. The Balaban J connectivity index is 1.70. The summed E-state index contributed by atoms with van der Waals surface area (Å²) in [6, 6.07) is 9.71. The summed E-state index contributed by atoms with van der Waals surface area (Å²) in [5.74, 6) is 0.377. The van der Waals surface area contributed by atoms with Crippen LogP contribution < -0.4 is 10.6 Å². The minimum absolute atomic E-state index is 0.0882. The number of anilines is 2. The van der Waals surface area contributed by atoms with Crippen LogP contribution in [0.2, 0.25) is 0 Å². The minimum Gasteiger partial charge on any atom is -0.444 e. The van der Waals surface area contributed by atoms with E-state index in [0.29, 0.717) is 23.3 Å². The van der Waals surface area contributed by atoms with Gasteiger partial charge < -0.3 is 10.1 Å². The topological polar surface area (TPSA) is 117 Å². The van der Waals surface area contributed by atoms with Crippen molar-refractivity contribution < 1.29 is 14.3 Å². The first kappa shape index (κ1) is 24.1. The molecule has 2 heterocycles. The number of rotatable bonds is 5. The predicted octanol–water partition coefficient (Wildman–Crippen LogP) is 5.69. The van der Waals surface area contributed by atoms with E-state index in [1.807, 2.05) is 32.0 Å². The second-order valence-electron chi connectivity index (χ2n) is 10.0. The number of carbonyl (C=O) groups is 2. The highest BCUT2D eigenvalue weighted by Gasteiger charge is 2.51. The quantitative estimate of drug-likeness (QED) is 0.494. The Morgan fingerprint density at radius 2 is 1.94 bits per heavy atom. The molecule has 8 nitrogen and oxygen atoms in total. The summed E-state index contributed by atoms with van der Waals surface area (Å²) in [6.07, 6.45) is 4.94. The first-order chi connectivity index (χ1) is 16.6. The van der Waals surface area contributed by atoms with Crippen molar-refractivity contribution in [1.82, 2.24) is 9.97 Å². The molecule has 1 aliphatic carbocycles. The number of fused-ring (bicyclic) bond motifs is 1. The van der Waals surface area contributed by atoms with Crippen LogP contribution in [-0.4, -0.2) is 27.6 Å². The van der Waals surface area contributed by atoms with Crippen LogP contribution in [0.25, 0.3) is 21.9 Å². The number of carbonyl (C=O) groups excluding carboxylic acids is 2. The molecule has 0 spiro atoms. The number of nitriles is 1. The van der Waals surface area contributed by atoms with E-state index in [0.717, 1.165) is 22.1 Å². The zero-order chi connectivity index (χ0) is 25.3. The SMILES string of the molecule is Cc1ccncc1-c1cc(NC(=O)OC(C)(C)C)c2cnc(NC(=O)C3C(C)C3CC#N)cc2c1. The molecule has 3 unspecified atom stereocenters. The Labute approximate surface area is 204 Å². The molecule has 35 heavy (non-hydrogen) atoms. The Morgan fingerprint density at radius 1 is 1.17 bits per heavy atom. The van der Waals surface area contributed by atoms with Crippen LogP contribution in [0.15, 0.2) is 42.9 Å². The second kappa shape index (κ2) is 9.34. The first-order valence-corrected chi connectivity index (χ1v) is 11.6. The van der Waals surface area contributed by atoms with Gasteiger partial charge in [0.2, 0.25) is 5.91 Å². The Hall–Kier alpha value is -3.99. The molecule has 3 aromatic rings. The zero-order valence-corrected chi connectivity index (χ0v) is 20.5. The third-order valence-electron chi connectivity index (χ3n) is 6.27. The van der Waals surface area contributed by atoms with Crippen molar-refractivity contribution in [3.63, 3.8) is 0 Å². The number of nitrogens with one attached hydrogen (secondary N) is 2. The zero-order valence-electron chi connectivity index (χ0n) is 20.5. The third kappa shape index (κ3) is 5.40. The van der Waals surface area contributed by atoms with Crippen LogP contribution in [0.4, 0.5) is 16.3 Å². The molecule has 2 amide bonds. The van der Waals surface area contributed by atoms with Crippen LogP contribution >= 0.6 is 0 Å². The molecule has 8 heteroatoms. The molecule has 1 aliphatic rings. The summed E-state index contributed by atoms with van der Waals surface area (Å²) < 4.78 is 5.45. The fourth-order valence-electron chi connectivity index (χ4n) is 4.37. The van der Waals surface area contributed by atoms with Crippen molar-refractivity contribution in [2.45, 2.75) is 46.6 Å². The Morgan fingerprint density at radius 3 is 2.63 bits per heavy atom. The monoisotopic (exact) mass is 471 g/mol. The molecule has 1 aromatic carbocycles. The van der Waals surface area contributed by atoms with E-state index < -0.39 is 11.7 Å². The highest BCUT2D eigenvalue weighted by Crippen LogP contribution is 2.48. The van der Waals surface area contributed by atoms with E-state index in [2.05, 4.69) is 26.7 Å². The van der Waals surface area contributed by atoms with Gasteiger partial charge in [-0.05, 0) is 80.3 Å². The lowest BCUT2D eigenvalue weighted by atomic mass is 9.99. The lowest BCUT2D eigenvalue weighted by Gasteiger charge is -2.20. The van der Waals surface area contributed by atoms with Gasteiger partial charge in [0, 0.05) is 41.9 Å². The van der Waals surface area contributed by atoms with Gasteiger partial charge in [-0.15, -0.1) is 0 Å². The van der Waals surface area contributed by atoms with E-state index in [4.69, 9.17) is 10.00 Å². The summed E-state index contributed by atoms with van der Waals surface area (Å²) in [4.78, 5) is 34.0. The van der Waals surface area contributed by atoms with Crippen molar-refractivity contribution >= 4 is 34.3 Å². The smallest absolute Gasteiger partial charge is 0.412 e. The Bertz CT molecular complexity index is 1340. The number of benzene rings is 1. The predicted molar refractivity (Wildman–Crippen MR) is 135 cm³/mol. The molecule has 0 bridgehead atoms. The number of aromatic nitrogens is 2. The lowest BCUT2D eigenvalue weighted by Crippen LogP contribution is -2.27. The molecule has 4 rings (SSSR count). The normalized spacial score (nSPS) is 19.0. The lowest BCUT2D eigenvalue weighted by molar-refractivity contribution is -0.117. The highest BCUT2D eigenvalue weighted by molar-refractivity contribution is 6.04. The third-order valence-corrected chi connectivity index (χ3v) is 6.27. The van der Waals surface area contributed by atoms with E-state index in [-0.39, 0.29) is 23.7 Å². The van der Waals surface area contributed by atoms with E-state index in [1.165, 1.54) is 0 Å². The van der Waals surface area contributed by atoms with Crippen LogP contribution in [0, 0.1) is 36.0 Å². The largest absolute Gasteiger partial charge is 0.444 e. The van der Waals surface area contributed by atoms with Gasteiger partial charge in [0.1, 0.15) is 11.4 Å². The number of ether oxygens (including phenoxy) is 1. The molecule has 180 valence electrons.